The van der Waals surface area contributed by atoms with Gasteiger partial charge < -0.3 is 10.6 Å². The first-order chi connectivity index (χ1) is 9.78. The molecule has 0 fully saturated rings. The van der Waals surface area contributed by atoms with Crippen LogP contribution in [-0.2, 0) is 13.0 Å². The summed E-state index contributed by atoms with van der Waals surface area (Å²) in [6.07, 6.45) is 2.71. The maximum absolute atomic E-state index is 4.30. The molecule has 0 spiro atoms. The number of pyridine rings is 1. The number of thiophene rings is 1. The average Bonchev–Trinajstić information content (AvgIpc) is 2.89. The van der Waals surface area contributed by atoms with E-state index in [0.717, 1.165) is 31.2 Å². The molecule has 2 aromatic heterocycles. The zero-order chi connectivity index (χ0) is 14.2. The van der Waals surface area contributed by atoms with Crippen molar-refractivity contribution >= 4 is 41.3 Å². The van der Waals surface area contributed by atoms with E-state index in [9.17, 15) is 0 Å². The molecule has 0 aliphatic rings. The number of nitrogens with zero attached hydrogens (tertiary/aromatic N) is 2. The summed E-state index contributed by atoms with van der Waals surface area (Å²) in [7, 11) is 1.79. The van der Waals surface area contributed by atoms with E-state index >= 15 is 0 Å². The summed E-state index contributed by atoms with van der Waals surface area (Å²) in [6.45, 7) is 3.75. The third-order valence-corrected chi connectivity index (χ3v) is 3.85. The first-order valence-corrected chi connectivity index (χ1v) is 7.49. The Morgan fingerprint density at radius 2 is 2.10 bits per heavy atom. The van der Waals surface area contributed by atoms with Crippen LogP contribution in [0.15, 0.2) is 41.5 Å². The zero-order valence-electron chi connectivity index (χ0n) is 12.3. The smallest absolute Gasteiger partial charge is 0.191 e. The molecule has 0 amide bonds. The Balaban J connectivity index is 0.00000220. The third-order valence-electron chi connectivity index (χ3n) is 2.85. The van der Waals surface area contributed by atoms with Crippen LogP contribution in [0.25, 0.3) is 0 Å². The van der Waals surface area contributed by atoms with Crippen LogP contribution in [0.2, 0.25) is 0 Å². The van der Waals surface area contributed by atoms with Crippen molar-refractivity contribution < 1.29 is 0 Å². The van der Waals surface area contributed by atoms with Gasteiger partial charge in [-0.3, -0.25) is 9.98 Å². The van der Waals surface area contributed by atoms with Crippen molar-refractivity contribution in [2.75, 3.05) is 13.6 Å². The molecule has 2 N–H and O–H groups in total. The fourth-order valence-electron chi connectivity index (χ4n) is 1.83. The molecule has 2 heterocycles. The molecule has 0 radical (unpaired) electrons. The normalized spacial score (nSPS) is 10.9. The number of aliphatic imine (C=N–C) groups is 1. The van der Waals surface area contributed by atoms with E-state index in [2.05, 4.69) is 39.7 Å². The Hall–Kier alpha value is -1.15. The van der Waals surface area contributed by atoms with Crippen molar-refractivity contribution in [3.8, 4) is 0 Å². The number of guanidine groups is 1. The molecule has 0 unspecified atom stereocenters. The Morgan fingerprint density at radius 1 is 1.24 bits per heavy atom. The summed E-state index contributed by atoms with van der Waals surface area (Å²) in [5, 5.41) is 6.61. The molecule has 0 saturated carbocycles. The van der Waals surface area contributed by atoms with Gasteiger partial charge in [0.15, 0.2) is 5.96 Å². The molecular formula is C15H21IN4S. The Bertz CT molecular complexity index is 554. The summed E-state index contributed by atoms with van der Waals surface area (Å²) in [5.74, 6) is 0.826. The van der Waals surface area contributed by atoms with E-state index in [4.69, 9.17) is 0 Å². The third kappa shape index (κ3) is 6.43. The van der Waals surface area contributed by atoms with Crippen molar-refractivity contribution in [3.05, 3.63) is 52.0 Å². The monoisotopic (exact) mass is 416 g/mol. The number of aromatic nitrogens is 1. The molecule has 0 atom stereocenters. The second kappa shape index (κ2) is 9.73. The van der Waals surface area contributed by atoms with Gasteiger partial charge in [0.2, 0.25) is 0 Å². The van der Waals surface area contributed by atoms with Gasteiger partial charge in [0.05, 0.1) is 6.54 Å². The van der Waals surface area contributed by atoms with Gasteiger partial charge in [-0.15, -0.1) is 35.3 Å². The van der Waals surface area contributed by atoms with E-state index < -0.39 is 0 Å². The molecule has 2 aromatic rings. The number of rotatable bonds is 5. The summed E-state index contributed by atoms with van der Waals surface area (Å²) < 4.78 is 0. The molecule has 0 saturated heterocycles. The van der Waals surface area contributed by atoms with Gasteiger partial charge in [0, 0.05) is 41.7 Å². The lowest BCUT2D eigenvalue weighted by atomic mass is 10.3. The fraction of sp³-hybridized carbons (Fsp3) is 0.333. The first-order valence-electron chi connectivity index (χ1n) is 6.67. The predicted octanol–water partition coefficient (Wildman–Crippen LogP) is 2.98. The van der Waals surface area contributed by atoms with Gasteiger partial charge in [-0.1, -0.05) is 6.07 Å². The van der Waals surface area contributed by atoms with Gasteiger partial charge in [0.25, 0.3) is 0 Å². The van der Waals surface area contributed by atoms with E-state index in [1.807, 2.05) is 24.4 Å². The molecule has 0 aromatic carbocycles. The molecule has 114 valence electrons. The van der Waals surface area contributed by atoms with Gasteiger partial charge >= 0.3 is 0 Å². The number of hydrogen-bond acceptors (Lipinski definition) is 3. The van der Waals surface area contributed by atoms with Crippen molar-refractivity contribution in [2.24, 2.45) is 4.99 Å². The van der Waals surface area contributed by atoms with Crippen LogP contribution in [0, 0.1) is 6.92 Å². The van der Waals surface area contributed by atoms with E-state index in [0.29, 0.717) is 0 Å². The highest BCUT2D eigenvalue weighted by molar-refractivity contribution is 14.0. The van der Waals surface area contributed by atoms with Crippen LogP contribution in [0.5, 0.6) is 0 Å². The SMILES string of the molecule is CN=C(NCCc1ccccn1)NCc1ccc(C)s1.I. The van der Waals surface area contributed by atoms with Crippen LogP contribution in [0.4, 0.5) is 0 Å². The number of nitrogens with one attached hydrogen (secondary N) is 2. The molecule has 2 rings (SSSR count). The quantitative estimate of drug-likeness (QED) is 0.448. The fourth-order valence-corrected chi connectivity index (χ4v) is 2.66. The lowest BCUT2D eigenvalue weighted by Crippen LogP contribution is -2.37. The van der Waals surface area contributed by atoms with Crippen LogP contribution < -0.4 is 10.6 Å². The van der Waals surface area contributed by atoms with Crippen molar-refractivity contribution in [3.63, 3.8) is 0 Å². The maximum Gasteiger partial charge on any atom is 0.191 e. The minimum Gasteiger partial charge on any atom is -0.356 e. The van der Waals surface area contributed by atoms with Crippen molar-refractivity contribution in [2.45, 2.75) is 19.9 Å². The standard InChI is InChI=1S/C15H20N4S.HI/c1-12-6-7-14(20-12)11-19-15(16-2)18-10-8-13-5-3-4-9-17-13;/h3-7,9H,8,10-11H2,1-2H3,(H2,16,18,19);1H. The van der Waals surface area contributed by atoms with Crippen LogP contribution >= 0.6 is 35.3 Å². The summed E-state index contributed by atoms with van der Waals surface area (Å²) in [6, 6.07) is 10.3. The molecule has 21 heavy (non-hydrogen) atoms. The highest BCUT2D eigenvalue weighted by atomic mass is 127. The number of halogens is 1. The van der Waals surface area contributed by atoms with E-state index in [-0.39, 0.29) is 24.0 Å². The number of aryl methyl sites for hydroxylation is 1. The Labute approximate surface area is 147 Å². The van der Waals surface area contributed by atoms with E-state index in [1.165, 1.54) is 9.75 Å². The maximum atomic E-state index is 4.30. The van der Waals surface area contributed by atoms with E-state index in [1.54, 1.807) is 18.4 Å². The first kappa shape index (κ1) is 17.9. The lowest BCUT2D eigenvalue weighted by Gasteiger charge is -2.10. The molecule has 0 aliphatic heterocycles. The van der Waals surface area contributed by atoms with Crippen LogP contribution in [-0.4, -0.2) is 24.5 Å². The molecule has 4 nitrogen and oxygen atoms in total. The lowest BCUT2D eigenvalue weighted by molar-refractivity contribution is 0.788. The summed E-state index contributed by atoms with van der Waals surface area (Å²) in [4.78, 5) is 11.2. The summed E-state index contributed by atoms with van der Waals surface area (Å²) in [5.41, 5.74) is 1.09. The van der Waals surface area contributed by atoms with Crippen molar-refractivity contribution in [1.29, 1.82) is 0 Å². The van der Waals surface area contributed by atoms with Crippen LogP contribution in [0.1, 0.15) is 15.4 Å². The highest BCUT2D eigenvalue weighted by Crippen LogP contribution is 2.14. The molecular weight excluding hydrogens is 395 g/mol. The molecule has 0 bridgehead atoms. The minimum absolute atomic E-state index is 0. The largest absolute Gasteiger partial charge is 0.356 e. The van der Waals surface area contributed by atoms with Gasteiger partial charge in [-0.05, 0) is 31.2 Å². The average molecular weight is 416 g/mol. The Morgan fingerprint density at radius 3 is 2.71 bits per heavy atom. The van der Waals surface area contributed by atoms with Gasteiger partial charge in [0.1, 0.15) is 0 Å². The predicted molar refractivity (Wildman–Crippen MR) is 101 cm³/mol. The second-order valence-corrected chi connectivity index (χ2v) is 5.81. The van der Waals surface area contributed by atoms with Gasteiger partial charge in [-0.2, -0.15) is 0 Å². The van der Waals surface area contributed by atoms with Gasteiger partial charge in [-0.25, -0.2) is 0 Å². The number of hydrogen-bond donors (Lipinski definition) is 2. The summed E-state index contributed by atoms with van der Waals surface area (Å²) >= 11 is 1.81. The second-order valence-electron chi connectivity index (χ2n) is 4.44. The molecule has 0 aliphatic carbocycles. The highest BCUT2D eigenvalue weighted by Gasteiger charge is 2.00. The Kier molecular flexibility index (Phi) is 8.29. The van der Waals surface area contributed by atoms with Crippen molar-refractivity contribution in [1.82, 2.24) is 15.6 Å². The minimum atomic E-state index is 0. The topological polar surface area (TPSA) is 49.3 Å². The van der Waals surface area contributed by atoms with Crippen LogP contribution in [0.3, 0.4) is 0 Å². The zero-order valence-corrected chi connectivity index (χ0v) is 15.4. The molecule has 6 heteroatoms.